The smallest absolute Gasteiger partial charge is 0.124 e. The summed E-state index contributed by atoms with van der Waals surface area (Å²) in [5.74, 6) is 1.11. The number of likely N-dealkylation sites (N-methyl/N-ethyl adjacent to an activating group) is 1. The molecule has 2 fully saturated rings. The second-order valence-electron chi connectivity index (χ2n) is 7.17. The van der Waals surface area contributed by atoms with Gasteiger partial charge >= 0.3 is 0 Å². The van der Waals surface area contributed by atoms with Crippen LogP contribution in [-0.2, 0) is 5.60 Å². The van der Waals surface area contributed by atoms with E-state index in [4.69, 9.17) is 4.74 Å². The minimum Gasteiger partial charge on any atom is -0.496 e. The summed E-state index contributed by atoms with van der Waals surface area (Å²) in [6, 6.07) is 8.00. The van der Waals surface area contributed by atoms with Crippen molar-refractivity contribution in [1.29, 1.82) is 0 Å². The lowest BCUT2D eigenvalue weighted by atomic mass is 9.71. The van der Waals surface area contributed by atoms with Crippen LogP contribution >= 0.6 is 0 Å². The van der Waals surface area contributed by atoms with Gasteiger partial charge in [-0.1, -0.05) is 31.0 Å². The van der Waals surface area contributed by atoms with Crippen LogP contribution < -0.4 is 4.74 Å². The molecule has 0 spiro atoms. The second kappa shape index (κ2) is 7.20. The monoisotopic (exact) mass is 318 g/mol. The Hall–Kier alpha value is -1.10. The molecule has 1 saturated carbocycles. The fourth-order valence-corrected chi connectivity index (χ4v) is 4.17. The zero-order valence-corrected chi connectivity index (χ0v) is 14.5. The Labute approximate surface area is 140 Å². The van der Waals surface area contributed by atoms with Crippen molar-refractivity contribution < 1.29 is 9.84 Å². The lowest BCUT2D eigenvalue weighted by Gasteiger charge is -2.44. The molecule has 2 aliphatic rings. The minimum atomic E-state index is -0.756. The summed E-state index contributed by atoms with van der Waals surface area (Å²) in [6.45, 7) is 5.45. The summed E-state index contributed by atoms with van der Waals surface area (Å²) in [4.78, 5) is 4.90. The van der Waals surface area contributed by atoms with E-state index >= 15 is 0 Å². The Morgan fingerprint density at radius 3 is 2.65 bits per heavy atom. The average molecular weight is 318 g/mol. The average Bonchev–Trinajstić information content (AvgIpc) is 2.59. The van der Waals surface area contributed by atoms with Crippen LogP contribution in [0, 0.1) is 5.92 Å². The SMILES string of the molecule is COc1ccccc1C1(O)CCCCC1CN1CCN(C)CC1. The quantitative estimate of drug-likeness (QED) is 0.924. The fraction of sp³-hybridized carbons (Fsp3) is 0.684. The van der Waals surface area contributed by atoms with E-state index in [0.717, 1.165) is 63.3 Å². The number of hydrogen-bond acceptors (Lipinski definition) is 4. The highest BCUT2D eigenvalue weighted by Gasteiger charge is 2.42. The molecule has 4 heteroatoms. The molecule has 1 N–H and O–H groups in total. The summed E-state index contributed by atoms with van der Waals surface area (Å²) in [5, 5.41) is 11.6. The lowest BCUT2D eigenvalue weighted by Crippen LogP contribution is -2.50. The van der Waals surface area contributed by atoms with E-state index < -0.39 is 5.60 Å². The zero-order valence-electron chi connectivity index (χ0n) is 14.5. The minimum absolute atomic E-state index is 0.288. The first kappa shape index (κ1) is 16.7. The molecule has 0 radical (unpaired) electrons. The third-order valence-electron chi connectivity index (χ3n) is 5.68. The number of methoxy groups -OCH3 is 1. The second-order valence-corrected chi connectivity index (χ2v) is 7.17. The van der Waals surface area contributed by atoms with Crippen LogP contribution in [0.5, 0.6) is 5.75 Å². The van der Waals surface area contributed by atoms with Gasteiger partial charge in [0.05, 0.1) is 12.7 Å². The van der Waals surface area contributed by atoms with Crippen LogP contribution in [0.2, 0.25) is 0 Å². The highest BCUT2D eigenvalue weighted by molar-refractivity contribution is 5.39. The van der Waals surface area contributed by atoms with Crippen molar-refractivity contribution in [2.45, 2.75) is 31.3 Å². The van der Waals surface area contributed by atoms with Gasteiger partial charge < -0.3 is 19.6 Å². The van der Waals surface area contributed by atoms with Crippen molar-refractivity contribution in [3.8, 4) is 5.75 Å². The van der Waals surface area contributed by atoms with Gasteiger partial charge in [0.1, 0.15) is 5.75 Å². The molecule has 1 aromatic carbocycles. The predicted octanol–water partition coefficient (Wildman–Crippen LogP) is 2.32. The molecule has 1 aliphatic carbocycles. The van der Waals surface area contributed by atoms with Gasteiger partial charge in [-0.3, -0.25) is 0 Å². The summed E-state index contributed by atoms with van der Waals surface area (Å²) in [6.07, 6.45) is 4.25. The lowest BCUT2D eigenvalue weighted by molar-refractivity contribution is -0.0697. The molecule has 1 aliphatic heterocycles. The molecule has 3 rings (SSSR count). The maximum absolute atomic E-state index is 11.6. The van der Waals surface area contributed by atoms with Crippen LogP contribution in [0.25, 0.3) is 0 Å². The summed E-state index contributed by atoms with van der Waals surface area (Å²) < 4.78 is 5.54. The Morgan fingerprint density at radius 2 is 1.91 bits per heavy atom. The Balaban J connectivity index is 1.80. The van der Waals surface area contributed by atoms with Crippen LogP contribution in [0.1, 0.15) is 31.2 Å². The van der Waals surface area contributed by atoms with Crippen molar-refractivity contribution in [3.63, 3.8) is 0 Å². The Kier molecular flexibility index (Phi) is 5.24. The van der Waals surface area contributed by atoms with E-state index in [1.807, 2.05) is 24.3 Å². The maximum atomic E-state index is 11.6. The fourth-order valence-electron chi connectivity index (χ4n) is 4.17. The van der Waals surface area contributed by atoms with Gasteiger partial charge in [0.25, 0.3) is 0 Å². The number of nitrogens with zero attached hydrogens (tertiary/aromatic N) is 2. The topological polar surface area (TPSA) is 35.9 Å². The first-order valence-electron chi connectivity index (χ1n) is 8.90. The molecule has 1 saturated heterocycles. The molecule has 23 heavy (non-hydrogen) atoms. The number of piperazine rings is 1. The number of benzene rings is 1. The van der Waals surface area contributed by atoms with Crippen molar-refractivity contribution in [2.75, 3.05) is 46.9 Å². The highest BCUT2D eigenvalue weighted by atomic mass is 16.5. The summed E-state index contributed by atoms with van der Waals surface area (Å²) in [5.41, 5.74) is 0.218. The summed E-state index contributed by atoms with van der Waals surface area (Å²) in [7, 11) is 3.88. The number of hydrogen-bond donors (Lipinski definition) is 1. The third-order valence-corrected chi connectivity index (χ3v) is 5.68. The molecule has 2 unspecified atom stereocenters. The predicted molar refractivity (Wildman–Crippen MR) is 92.8 cm³/mol. The van der Waals surface area contributed by atoms with Gasteiger partial charge in [-0.25, -0.2) is 0 Å². The molecule has 4 nitrogen and oxygen atoms in total. The number of ether oxygens (including phenoxy) is 1. The van der Waals surface area contributed by atoms with Gasteiger partial charge in [0.2, 0.25) is 0 Å². The van der Waals surface area contributed by atoms with Crippen LogP contribution in [0.4, 0.5) is 0 Å². The molecule has 0 amide bonds. The molecule has 1 aromatic rings. The van der Waals surface area contributed by atoms with Gasteiger partial charge in [-0.15, -0.1) is 0 Å². The molecule has 1 heterocycles. The van der Waals surface area contributed by atoms with Crippen LogP contribution in [0.15, 0.2) is 24.3 Å². The van der Waals surface area contributed by atoms with Crippen LogP contribution in [-0.4, -0.2) is 61.8 Å². The Morgan fingerprint density at radius 1 is 1.17 bits per heavy atom. The zero-order chi connectivity index (χ0) is 16.3. The Bertz CT molecular complexity index is 514. The maximum Gasteiger partial charge on any atom is 0.124 e. The molecule has 128 valence electrons. The summed E-state index contributed by atoms with van der Waals surface area (Å²) >= 11 is 0. The van der Waals surface area contributed by atoms with E-state index in [1.54, 1.807) is 7.11 Å². The molecular weight excluding hydrogens is 288 g/mol. The number of aliphatic hydroxyl groups is 1. The van der Waals surface area contributed by atoms with E-state index in [9.17, 15) is 5.11 Å². The largest absolute Gasteiger partial charge is 0.496 e. The highest BCUT2D eigenvalue weighted by Crippen LogP contribution is 2.45. The van der Waals surface area contributed by atoms with Gasteiger partial charge in [-0.2, -0.15) is 0 Å². The standard InChI is InChI=1S/C19H30N2O2/c1-20-11-13-21(14-12-20)15-16-7-5-6-10-19(16,22)17-8-3-4-9-18(17)23-2/h3-4,8-9,16,22H,5-7,10-15H2,1-2H3. The molecule has 0 bridgehead atoms. The molecular formula is C19H30N2O2. The van der Waals surface area contributed by atoms with E-state index in [2.05, 4.69) is 16.8 Å². The van der Waals surface area contributed by atoms with Gasteiger partial charge in [0, 0.05) is 44.2 Å². The van der Waals surface area contributed by atoms with Crippen molar-refractivity contribution in [3.05, 3.63) is 29.8 Å². The molecule has 2 atom stereocenters. The van der Waals surface area contributed by atoms with E-state index in [1.165, 1.54) is 6.42 Å². The van der Waals surface area contributed by atoms with Gasteiger partial charge in [0.15, 0.2) is 0 Å². The van der Waals surface area contributed by atoms with Crippen LogP contribution in [0.3, 0.4) is 0 Å². The van der Waals surface area contributed by atoms with Crippen molar-refractivity contribution in [2.24, 2.45) is 5.92 Å². The van der Waals surface area contributed by atoms with E-state index in [0.29, 0.717) is 0 Å². The molecule has 0 aromatic heterocycles. The van der Waals surface area contributed by atoms with E-state index in [-0.39, 0.29) is 5.92 Å². The van der Waals surface area contributed by atoms with Crippen molar-refractivity contribution >= 4 is 0 Å². The third kappa shape index (κ3) is 3.54. The first-order chi connectivity index (χ1) is 11.1. The first-order valence-corrected chi connectivity index (χ1v) is 8.90. The van der Waals surface area contributed by atoms with Crippen molar-refractivity contribution in [1.82, 2.24) is 9.80 Å². The normalized spacial score (nSPS) is 30.3. The number of para-hydroxylation sites is 1. The number of rotatable bonds is 4. The van der Waals surface area contributed by atoms with Gasteiger partial charge in [-0.05, 0) is 26.0 Å².